The van der Waals surface area contributed by atoms with Gasteiger partial charge in [-0.05, 0) is 6.42 Å². The molecular formula is C13H14F3N3O5. The van der Waals surface area contributed by atoms with Crippen LogP contribution in [0.15, 0.2) is 6.33 Å². The van der Waals surface area contributed by atoms with Crippen LogP contribution in [0.5, 0.6) is 11.8 Å². The van der Waals surface area contributed by atoms with Crippen LogP contribution in [0.4, 0.5) is 13.2 Å². The van der Waals surface area contributed by atoms with Crippen LogP contribution in [-0.4, -0.2) is 65.3 Å². The number of aromatic nitrogens is 2. The van der Waals surface area contributed by atoms with Crippen molar-refractivity contribution in [3.8, 4) is 11.8 Å². The van der Waals surface area contributed by atoms with E-state index in [0.29, 0.717) is 0 Å². The number of likely N-dealkylation sites (tertiary alicyclic amines) is 1. The molecule has 0 spiro atoms. The topological polar surface area (TPSA) is 102 Å². The molecule has 0 radical (unpaired) electrons. The fourth-order valence-corrected chi connectivity index (χ4v) is 2.52. The average molecular weight is 349 g/mol. The molecule has 1 unspecified atom stereocenters. The summed E-state index contributed by atoms with van der Waals surface area (Å²) in [5.41, 5.74) is -3.26. The number of carbonyl (C=O) groups excluding carboxylic acids is 1. The van der Waals surface area contributed by atoms with E-state index in [2.05, 4.69) is 9.97 Å². The summed E-state index contributed by atoms with van der Waals surface area (Å²) in [7, 11) is 2.44. The minimum Gasteiger partial charge on any atom is -0.481 e. The zero-order valence-electron chi connectivity index (χ0n) is 12.8. The number of nitrogens with zero attached hydrogens (tertiary/aromatic N) is 3. The van der Waals surface area contributed by atoms with E-state index in [4.69, 9.17) is 14.6 Å². The maximum absolute atomic E-state index is 13.2. The fraction of sp³-hybridized carbons (Fsp3) is 0.538. The molecule has 0 aromatic carbocycles. The lowest BCUT2D eigenvalue weighted by molar-refractivity contribution is -0.227. The molecule has 0 bridgehead atoms. The van der Waals surface area contributed by atoms with Crippen molar-refractivity contribution in [1.82, 2.24) is 14.9 Å². The molecule has 1 aliphatic rings. The summed E-state index contributed by atoms with van der Waals surface area (Å²) in [5.74, 6) is -3.26. The Morgan fingerprint density at radius 3 is 2.17 bits per heavy atom. The number of alkyl halides is 3. The van der Waals surface area contributed by atoms with Crippen LogP contribution >= 0.6 is 0 Å². The Bertz CT molecular complexity index is 644. The molecule has 1 amide bonds. The van der Waals surface area contributed by atoms with Crippen LogP contribution in [0.25, 0.3) is 0 Å². The van der Waals surface area contributed by atoms with Gasteiger partial charge in [0.1, 0.15) is 6.33 Å². The molecule has 1 N–H and O–H groups in total. The van der Waals surface area contributed by atoms with Crippen molar-refractivity contribution in [3.63, 3.8) is 0 Å². The van der Waals surface area contributed by atoms with Gasteiger partial charge in [-0.1, -0.05) is 0 Å². The maximum Gasteiger partial charge on any atom is 0.406 e. The molecule has 24 heavy (non-hydrogen) atoms. The van der Waals surface area contributed by atoms with Crippen molar-refractivity contribution >= 4 is 11.9 Å². The predicted octanol–water partition coefficient (Wildman–Crippen LogP) is 0.973. The molecule has 1 saturated heterocycles. The standard InChI is InChI=1S/C13H14F3N3O5/c1-23-8-7(9(24-2)18-6-17-8)10(20)19-4-3-12(5-19,11(21)22)13(14,15)16/h6H,3-5H2,1-2H3,(H,21,22). The summed E-state index contributed by atoms with van der Waals surface area (Å²) in [4.78, 5) is 32.0. The van der Waals surface area contributed by atoms with E-state index in [0.717, 1.165) is 11.2 Å². The molecule has 11 heteroatoms. The van der Waals surface area contributed by atoms with Gasteiger partial charge in [0.05, 0.1) is 14.2 Å². The Morgan fingerprint density at radius 1 is 1.25 bits per heavy atom. The second kappa shape index (κ2) is 6.13. The normalized spacial score (nSPS) is 20.8. The van der Waals surface area contributed by atoms with Crippen LogP contribution in [-0.2, 0) is 4.79 Å². The summed E-state index contributed by atoms with van der Waals surface area (Å²) in [6, 6.07) is 0. The van der Waals surface area contributed by atoms with Gasteiger partial charge in [0.25, 0.3) is 5.91 Å². The molecule has 1 aromatic heterocycles. The van der Waals surface area contributed by atoms with Crippen molar-refractivity contribution in [1.29, 1.82) is 0 Å². The van der Waals surface area contributed by atoms with Crippen molar-refractivity contribution in [2.24, 2.45) is 5.41 Å². The second-order valence-corrected chi connectivity index (χ2v) is 5.13. The molecule has 1 aliphatic heterocycles. The van der Waals surface area contributed by atoms with Crippen molar-refractivity contribution in [3.05, 3.63) is 11.9 Å². The molecule has 2 rings (SSSR count). The van der Waals surface area contributed by atoms with E-state index < -0.39 is 36.4 Å². The number of ether oxygens (including phenoxy) is 2. The first-order valence-electron chi connectivity index (χ1n) is 6.70. The van der Waals surface area contributed by atoms with Crippen LogP contribution in [0.1, 0.15) is 16.8 Å². The number of amides is 1. The van der Waals surface area contributed by atoms with Gasteiger partial charge in [0.2, 0.25) is 11.8 Å². The van der Waals surface area contributed by atoms with Gasteiger partial charge in [-0.15, -0.1) is 0 Å². The molecule has 0 aliphatic carbocycles. The van der Waals surface area contributed by atoms with Crippen molar-refractivity contribution in [2.75, 3.05) is 27.3 Å². The molecular weight excluding hydrogens is 335 g/mol. The molecule has 0 saturated carbocycles. The minimum atomic E-state index is -4.99. The number of carbonyl (C=O) groups is 2. The van der Waals surface area contributed by atoms with Crippen LogP contribution in [0, 0.1) is 5.41 Å². The van der Waals surface area contributed by atoms with Crippen LogP contribution < -0.4 is 9.47 Å². The van der Waals surface area contributed by atoms with Crippen molar-refractivity contribution < 1.29 is 37.3 Å². The van der Waals surface area contributed by atoms with E-state index in [-0.39, 0.29) is 23.9 Å². The number of aliphatic carboxylic acids is 1. The Hall–Kier alpha value is -2.59. The van der Waals surface area contributed by atoms with Gasteiger partial charge in [-0.2, -0.15) is 13.2 Å². The highest BCUT2D eigenvalue weighted by molar-refractivity contribution is 5.99. The Balaban J connectivity index is 2.39. The first kappa shape index (κ1) is 17.8. The van der Waals surface area contributed by atoms with Gasteiger partial charge in [-0.3, -0.25) is 9.59 Å². The van der Waals surface area contributed by atoms with Crippen LogP contribution in [0.3, 0.4) is 0 Å². The number of hydrogen-bond donors (Lipinski definition) is 1. The summed E-state index contributed by atoms with van der Waals surface area (Å²) < 4.78 is 49.4. The summed E-state index contributed by atoms with van der Waals surface area (Å²) in [5, 5.41) is 9.04. The zero-order valence-corrected chi connectivity index (χ0v) is 12.8. The number of carboxylic acid groups (broad SMARTS) is 1. The minimum absolute atomic E-state index is 0.174. The molecule has 1 aromatic rings. The largest absolute Gasteiger partial charge is 0.481 e. The summed E-state index contributed by atoms with van der Waals surface area (Å²) in [6.07, 6.45) is -4.67. The van der Waals surface area contributed by atoms with E-state index in [1.165, 1.54) is 14.2 Å². The Kier molecular flexibility index (Phi) is 4.54. The molecule has 1 fully saturated rings. The van der Waals surface area contributed by atoms with Gasteiger partial charge in [-0.25, -0.2) is 9.97 Å². The lowest BCUT2D eigenvalue weighted by Gasteiger charge is -2.27. The molecule has 2 heterocycles. The fourth-order valence-electron chi connectivity index (χ4n) is 2.52. The number of rotatable bonds is 4. The molecule has 8 nitrogen and oxygen atoms in total. The molecule has 1 atom stereocenters. The monoisotopic (exact) mass is 349 g/mol. The van der Waals surface area contributed by atoms with Gasteiger partial charge < -0.3 is 19.5 Å². The SMILES string of the molecule is COc1ncnc(OC)c1C(=O)N1CCC(C(=O)O)(C(F)(F)F)C1. The highest BCUT2D eigenvalue weighted by Crippen LogP contribution is 2.46. The third kappa shape index (κ3) is 2.69. The van der Waals surface area contributed by atoms with Crippen molar-refractivity contribution in [2.45, 2.75) is 12.6 Å². The van der Waals surface area contributed by atoms with E-state index in [9.17, 15) is 22.8 Å². The number of halogens is 3. The number of carboxylic acids is 1. The molecule has 132 valence electrons. The van der Waals surface area contributed by atoms with E-state index in [1.807, 2.05) is 0 Å². The number of hydrogen-bond acceptors (Lipinski definition) is 6. The van der Waals surface area contributed by atoms with Gasteiger partial charge in [0.15, 0.2) is 11.0 Å². The van der Waals surface area contributed by atoms with Gasteiger partial charge >= 0.3 is 12.1 Å². The number of methoxy groups -OCH3 is 2. The summed E-state index contributed by atoms with van der Waals surface area (Å²) >= 11 is 0. The maximum atomic E-state index is 13.2. The average Bonchev–Trinajstić information content (AvgIpc) is 3.00. The zero-order chi connectivity index (χ0) is 18.1. The first-order valence-corrected chi connectivity index (χ1v) is 6.70. The quantitative estimate of drug-likeness (QED) is 0.864. The third-order valence-corrected chi connectivity index (χ3v) is 3.89. The smallest absolute Gasteiger partial charge is 0.406 e. The van der Waals surface area contributed by atoms with E-state index >= 15 is 0 Å². The summed E-state index contributed by atoms with van der Waals surface area (Å²) in [6.45, 7) is -1.39. The first-order chi connectivity index (χ1) is 11.2. The third-order valence-electron chi connectivity index (χ3n) is 3.89. The van der Waals surface area contributed by atoms with Gasteiger partial charge in [0, 0.05) is 13.1 Å². The lowest BCUT2D eigenvalue weighted by Crippen LogP contribution is -2.47. The van der Waals surface area contributed by atoms with E-state index in [1.54, 1.807) is 0 Å². The lowest BCUT2D eigenvalue weighted by atomic mass is 9.86. The second-order valence-electron chi connectivity index (χ2n) is 5.13. The Labute approximate surface area is 134 Å². The Morgan fingerprint density at radius 2 is 1.79 bits per heavy atom. The highest BCUT2D eigenvalue weighted by Gasteiger charge is 2.64. The van der Waals surface area contributed by atoms with Crippen LogP contribution in [0.2, 0.25) is 0 Å². The predicted molar refractivity (Wildman–Crippen MR) is 71.8 cm³/mol. The highest BCUT2D eigenvalue weighted by atomic mass is 19.4.